The first kappa shape index (κ1) is 21.5. The van der Waals surface area contributed by atoms with E-state index in [9.17, 15) is 9.18 Å². The van der Waals surface area contributed by atoms with Crippen LogP contribution in [-0.4, -0.2) is 40.2 Å². The van der Waals surface area contributed by atoms with Gasteiger partial charge in [-0.25, -0.2) is 14.1 Å². The van der Waals surface area contributed by atoms with E-state index in [-0.39, 0.29) is 18.3 Å². The van der Waals surface area contributed by atoms with Crippen molar-refractivity contribution in [3.8, 4) is 11.1 Å². The number of carbonyl (C=O) groups excluding carboxylic acids is 1. The predicted octanol–water partition coefficient (Wildman–Crippen LogP) is 3.65. The van der Waals surface area contributed by atoms with Gasteiger partial charge < -0.3 is 5.32 Å². The number of anilines is 1. The topological polar surface area (TPSA) is 95.5 Å². The number of carbonyl (C=O) groups is 1. The summed E-state index contributed by atoms with van der Waals surface area (Å²) >= 11 is 0. The Hall–Kier alpha value is -4.34. The molecule has 0 bridgehead atoms. The molecule has 1 N–H and O–H groups in total. The molecule has 0 saturated heterocycles. The maximum atomic E-state index is 13.4. The lowest BCUT2D eigenvalue weighted by molar-refractivity contribution is -0.116. The highest BCUT2D eigenvalue weighted by atomic mass is 19.1. The Labute approximate surface area is 194 Å². The van der Waals surface area contributed by atoms with E-state index < -0.39 is 0 Å². The SMILES string of the molecule is CCn1cc(Cn2cc(NC(=O)Cn3nc(C)c4c(-c5ccc(F)cc5)ccnc43)cn2)cn1. The Kier molecular flexibility index (Phi) is 5.62. The van der Waals surface area contributed by atoms with Crippen molar-refractivity contribution in [1.82, 2.24) is 34.3 Å². The lowest BCUT2D eigenvalue weighted by Crippen LogP contribution is -2.19. The van der Waals surface area contributed by atoms with Gasteiger partial charge >= 0.3 is 0 Å². The monoisotopic (exact) mass is 458 g/mol. The predicted molar refractivity (Wildman–Crippen MR) is 126 cm³/mol. The third-order valence-corrected chi connectivity index (χ3v) is 5.53. The first-order chi connectivity index (χ1) is 16.5. The highest BCUT2D eigenvalue weighted by Crippen LogP contribution is 2.30. The fraction of sp³-hybridized carbons (Fsp3) is 0.208. The maximum Gasteiger partial charge on any atom is 0.246 e. The van der Waals surface area contributed by atoms with Crippen LogP contribution in [0.2, 0.25) is 0 Å². The molecular weight excluding hydrogens is 435 g/mol. The quantitative estimate of drug-likeness (QED) is 0.402. The average molecular weight is 459 g/mol. The lowest BCUT2D eigenvalue weighted by Gasteiger charge is -2.06. The van der Waals surface area contributed by atoms with Gasteiger partial charge in [0.1, 0.15) is 12.4 Å². The van der Waals surface area contributed by atoms with Gasteiger partial charge in [0.15, 0.2) is 5.65 Å². The lowest BCUT2D eigenvalue weighted by atomic mass is 10.0. The maximum absolute atomic E-state index is 13.4. The smallest absolute Gasteiger partial charge is 0.246 e. The molecule has 1 amide bonds. The molecule has 4 heterocycles. The van der Waals surface area contributed by atoms with Gasteiger partial charge in [-0.05, 0) is 43.2 Å². The van der Waals surface area contributed by atoms with E-state index in [1.54, 1.807) is 40.1 Å². The van der Waals surface area contributed by atoms with Crippen molar-refractivity contribution < 1.29 is 9.18 Å². The van der Waals surface area contributed by atoms with E-state index in [0.717, 1.165) is 34.3 Å². The minimum absolute atomic E-state index is 0.00133. The molecule has 0 spiro atoms. The van der Waals surface area contributed by atoms with Crippen LogP contribution in [0.15, 0.2) is 61.3 Å². The van der Waals surface area contributed by atoms with Crippen molar-refractivity contribution in [2.75, 3.05) is 5.32 Å². The number of nitrogens with zero attached hydrogens (tertiary/aromatic N) is 7. The summed E-state index contributed by atoms with van der Waals surface area (Å²) < 4.78 is 18.5. The van der Waals surface area contributed by atoms with Crippen molar-refractivity contribution in [1.29, 1.82) is 0 Å². The molecule has 0 aliphatic carbocycles. The largest absolute Gasteiger partial charge is 0.322 e. The number of nitrogens with one attached hydrogen (secondary N) is 1. The third-order valence-electron chi connectivity index (χ3n) is 5.53. The minimum Gasteiger partial charge on any atom is -0.322 e. The zero-order chi connectivity index (χ0) is 23.7. The van der Waals surface area contributed by atoms with Crippen molar-refractivity contribution in [3.05, 3.63) is 78.4 Å². The first-order valence-electron chi connectivity index (χ1n) is 10.9. The van der Waals surface area contributed by atoms with Gasteiger partial charge in [0.05, 0.1) is 30.3 Å². The molecule has 34 heavy (non-hydrogen) atoms. The zero-order valence-corrected chi connectivity index (χ0v) is 18.8. The van der Waals surface area contributed by atoms with Crippen molar-refractivity contribution in [3.63, 3.8) is 0 Å². The van der Waals surface area contributed by atoms with Crippen molar-refractivity contribution >= 4 is 22.6 Å². The molecular formula is C24H23FN8O. The summed E-state index contributed by atoms with van der Waals surface area (Å²) in [6.07, 6.45) is 8.83. The molecule has 0 aliphatic rings. The summed E-state index contributed by atoms with van der Waals surface area (Å²) in [6, 6.07) is 8.15. The second-order valence-corrected chi connectivity index (χ2v) is 7.99. The van der Waals surface area contributed by atoms with Crippen LogP contribution in [0.4, 0.5) is 10.1 Å². The standard InChI is InChI=1S/C24H23FN8O/c1-3-31-12-17(10-27-31)13-32-14-20(11-28-32)29-22(34)15-33-24-23(16(2)30-33)21(8-9-26-24)18-4-6-19(25)7-5-18/h4-12,14H,3,13,15H2,1-2H3,(H,29,34). The van der Waals surface area contributed by atoms with Crippen LogP contribution in [0.3, 0.4) is 0 Å². The minimum atomic E-state index is -0.294. The summed E-state index contributed by atoms with van der Waals surface area (Å²) in [5.41, 5.74) is 4.72. The van der Waals surface area contributed by atoms with Gasteiger partial charge in [-0.1, -0.05) is 12.1 Å². The number of rotatable bonds is 7. The number of hydrogen-bond acceptors (Lipinski definition) is 5. The molecule has 0 radical (unpaired) electrons. The second-order valence-electron chi connectivity index (χ2n) is 7.99. The normalized spacial score (nSPS) is 11.3. The zero-order valence-electron chi connectivity index (χ0n) is 18.8. The molecule has 0 atom stereocenters. The Bertz CT molecular complexity index is 1460. The van der Waals surface area contributed by atoms with Gasteiger partial charge in [-0.3, -0.25) is 14.2 Å². The number of pyridine rings is 1. The molecule has 0 unspecified atom stereocenters. The summed E-state index contributed by atoms with van der Waals surface area (Å²) in [5.74, 6) is -0.533. The van der Waals surface area contributed by atoms with Crippen LogP contribution in [0.5, 0.6) is 0 Å². The first-order valence-corrected chi connectivity index (χ1v) is 10.9. The van der Waals surface area contributed by atoms with Gasteiger partial charge in [-0.15, -0.1) is 0 Å². The van der Waals surface area contributed by atoms with E-state index in [1.807, 2.05) is 37.0 Å². The number of fused-ring (bicyclic) bond motifs is 1. The van der Waals surface area contributed by atoms with E-state index in [2.05, 4.69) is 25.6 Å². The van der Waals surface area contributed by atoms with E-state index in [4.69, 9.17) is 0 Å². The Morgan fingerprint density at radius 2 is 1.85 bits per heavy atom. The van der Waals surface area contributed by atoms with E-state index in [0.29, 0.717) is 17.9 Å². The Morgan fingerprint density at radius 1 is 1.06 bits per heavy atom. The van der Waals surface area contributed by atoms with Crippen molar-refractivity contribution in [2.45, 2.75) is 33.5 Å². The van der Waals surface area contributed by atoms with Crippen LogP contribution in [0.1, 0.15) is 18.2 Å². The molecule has 0 fully saturated rings. The highest BCUT2D eigenvalue weighted by molar-refractivity contribution is 5.96. The third kappa shape index (κ3) is 4.29. The van der Waals surface area contributed by atoms with Gasteiger partial charge in [0.2, 0.25) is 5.91 Å². The summed E-state index contributed by atoms with van der Waals surface area (Å²) in [6.45, 7) is 5.27. The molecule has 10 heteroatoms. The van der Waals surface area contributed by atoms with Gasteiger partial charge in [0, 0.05) is 36.1 Å². The van der Waals surface area contributed by atoms with E-state index >= 15 is 0 Å². The molecule has 4 aromatic heterocycles. The van der Waals surface area contributed by atoms with Crippen molar-refractivity contribution in [2.24, 2.45) is 0 Å². The second kappa shape index (κ2) is 8.89. The number of aryl methyl sites for hydroxylation is 2. The molecule has 5 rings (SSSR count). The molecule has 5 aromatic rings. The number of benzene rings is 1. The van der Waals surface area contributed by atoms with E-state index in [1.165, 1.54) is 12.1 Å². The number of halogens is 1. The summed E-state index contributed by atoms with van der Waals surface area (Å²) in [7, 11) is 0. The molecule has 0 aliphatic heterocycles. The van der Waals surface area contributed by atoms with Crippen LogP contribution in [0, 0.1) is 12.7 Å². The molecule has 9 nitrogen and oxygen atoms in total. The molecule has 1 aromatic carbocycles. The molecule has 172 valence electrons. The van der Waals surface area contributed by atoms with Crippen LogP contribution < -0.4 is 5.32 Å². The van der Waals surface area contributed by atoms with Crippen LogP contribution in [-0.2, 0) is 24.4 Å². The summed E-state index contributed by atoms with van der Waals surface area (Å²) in [5, 5.41) is 16.8. The van der Waals surface area contributed by atoms with Crippen LogP contribution >= 0.6 is 0 Å². The van der Waals surface area contributed by atoms with Gasteiger partial charge in [0.25, 0.3) is 0 Å². The fourth-order valence-electron chi connectivity index (χ4n) is 3.96. The molecule has 0 saturated carbocycles. The highest BCUT2D eigenvalue weighted by Gasteiger charge is 2.16. The number of hydrogen-bond donors (Lipinski definition) is 1. The van der Waals surface area contributed by atoms with Gasteiger partial charge in [-0.2, -0.15) is 15.3 Å². The fourth-order valence-corrected chi connectivity index (χ4v) is 3.96. The Morgan fingerprint density at radius 3 is 2.62 bits per heavy atom. The summed E-state index contributed by atoms with van der Waals surface area (Å²) in [4.78, 5) is 17.2. The average Bonchev–Trinajstić information content (AvgIpc) is 3.54. The number of aromatic nitrogens is 7. The Balaban J connectivity index is 1.32. The number of amides is 1. The van der Waals surface area contributed by atoms with Crippen LogP contribution in [0.25, 0.3) is 22.2 Å².